The topological polar surface area (TPSA) is 63.8 Å². The molecule has 0 radical (unpaired) electrons. The Morgan fingerprint density at radius 3 is 2.76 bits per heavy atom. The maximum absolute atomic E-state index is 5.41. The van der Waals surface area contributed by atoms with Gasteiger partial charge in [0.05, 0.1) is 5.52 Å². The van der Waals surface area contributed by atoms with E-state index in [0.29, 0.717) is 11.8 Å². The first-order chi connectivity index (χ1) is 10.4. The molecule has 1 aliphatic rings. The van der Waals surface area contributed by atoms with Crippen LogP contribution in [0, 0.1) is 0 Å². The standard InChI is InChI=1S/C16H16N4O/c1-2-4-13-11(3-1)5-6-14(18-13)16-19-15(20-21-16)12-7-9-17-10-8-12/h1-6,12,17H,7-10H2. The summed E-state index contributed by atoms with van der Waals surface area (Å²) in [6.45, 7) is 2.03. The first-order valence-corrected chi connectivity index (χ1v) is 7.31. The van der Waals surface area contributed by atoms with Gasteiger partial charge in [0.2, 0.25) is 0 Å². The van der Waals surface area contributed by atoms with Gasteiger partial charge < -0.3 is 9.84 Å². The fraction of sp³-hybridized carbons (Fsp3) is 0.312. The lowest BCUT2D eigenvalue weighted by molar-refractivity contribution is 0.391. The van der Waals surface area contributed by atoms with Gasteiger partial charge in [0.15, 0.2) is 5.82 Å². The lowest BCUT2D eigenvalue weighted by Crippen LogP contribution is -2.27. The van der Waals surface area contributed by atoms with Crippen LogP contribution in [0.3, 0.4) is 0 Å². The summed E-state index contributed by atoms with van der Waals surface area (Å²) in [5.41, 5.74) is 1.68. The molecule has 5 nitrogen and oxygen atoms in total. The molecule has 0 atom stereocenters. The van der Waals surface area contributed by atoms with Crippen LogP contribution in [0.2, 0.25) is 0 Å². The zero-order valence-electron chi connectivity index (χ0n) is 11.6. The average molecular weight is 280 g/mol. The van der Waals surface area contributed by atoms with E-state index in [1.54, 1.807) is 0 Å². The Morgan fingerprint density at radius 2 is 1.86 bits per heavy atom. The van der Waals surface area contributed by atoms with Crippen molar-refractivity contribution in [3.05, 3.63) is 42.2 Å². The molecule has 1 saturated heterocycles. The van der Waals surface area contributed by atoms with Crippen LogP contribution in [-0.4, -0.2) is 28.2 Å². The fourth-order valence-electron chi connectivity index (χ4n) is 2.77. The van der Waals surface area contributed by atoms with E-state index in [-0.39, 0.29) is 0 Å². The van der Waals surface area contributed by atoms with Crippen molar-refractivity contribution in [1.29, 1.82) is 0 Å². The van der Waals surface area contributed by atoms with Gasteiger partial charge in [-0.25, -0.2) is 4.98 Å². The molecule has 0 unspecified atom stereocenters. The number of benzene rings is 1. The summed E-state index contributed by atoms with van der Waals surface area (Å²) in [7, 11) is 0. The molecule has 3 heterocycles. The Morgan fingerprint density at radius 1 is 1.00 bits per heavy atom. The van der Waals surface area contributed by atoms with E-state index < -0.39 is 0 Å². The molecule has 21 heavy (non-hydrogen) atoms. The number of nitrogens with one attached hydrogen (secondary N) is 1. The quantitative estimate of drug-likeness (QED) is 0.782. The molecule has 2 aromatic heterocycles. The summed E-state index contributed by atoms with van der Waals surface area (Å²) in [4.78, 5) is 9.14. The van der Waals surface area contributed by atoms with Gasteiger partial charge in [0.1, 0.15) is 5.69 Å². The summed E-state index contributed by atoms with van der Waals surface area (Å²) >= 11 is 0. The molecule has 1 fully saturated rings. The molecular weight excluding hydrogens is 264 g/mol. The maximum Gasteiger partial charge on any atom is 0.276 e. The average Bonchev–Trinajstić information content (AvgIpc) is 3.05. The van der Waals surface area contributed by atoms with Crippen LogP contribution in [0.25, 0.3) is 22.5 Å². The zero-order valence-corrected chi connectivity index (χ0v) is 11.6. The SMILES string of the molecule is c1ccc2nc(-c3nc(C4CCNCC4)no3)ccc2c1. The van der Waals surface area contributed by atoms with E-state index in [1.807, 2.05) is 36.4 Å². The van der Waals surface area contributed by atoms with Gasteiger partial charge in [-0.15, -0.1) is 0 Å². The monoisotopic (exact) mass is 280 g/mol. The van der Waals surface area contributed by atoms with Gasteiger partial charge in [0.25, 0.3) is 5.89 Å². The highest BCUT2D eigenvalue weighted by Crippen LogP contribution is 2.25. The summed E-state index contributed by atoms with van der Waals surface area (Å²) in [6.07, 6.45) is 2.12. The Hall–Kier alpha value is -2.27. The number of nitrogens with zero attached hydrogens (tertiary/aromatic N) is 3. The van der Waals surface area contributed by atoms with E-state index >= 15 is 0 Å². The third-order valence-electron chi connectivity index (χ3n) is 3.96. The molecule has 1 aromatic carbocycles. The van der Waals surface area contributed by atoms with E-state index in [4.69, 9.17) is 4.52 Å². The largest absolute Gasteiger partial charge is 0.332 e. The predicted octanol–water partition coefficient (Wildman–Crippen LogP) is 2.75. The van der Waals surface area contributed by atoms with Crippen LogP contribution in [0.4, 0.5) is 0 Å². The molecule has 0 amide bonds. The molecule has 1 aliphatic heterocycles. The molecule has 5 heteroatoms. The Bertz CT molecular complexity index is 762. The summed E-state index contributed by atoms with van der Waals surface area (Å²) < 4.78 is 5.41. The molecule has 0 spiro atoms. The van der Waals surface area contributed by atoms with Crippen LogP contribution in [0.15, 0.2) is 40.9 Å². The van der Waals surface area contributed by atoms with Gasteiger partial charge in [0, 0.05) is 11.3 Å². The molecule has 3 aromatic rings. The highest BCUT2D eigenvalue weighted by atomic mass is 16.5. The number of hydrogen-bond donors (Lipinski definition) is 1. The minimum absolute atomic E-state index is 0.393. The van der Waals surface area contributed by atoms with E-state index in [1.165, 1.54) is 0 Å². The number of fused-ring (bicyclic) bond motifs is 1. The molecule has 1 N–H and O–H groups in total. The summed E-state index contributed by atoms with van der Waals surface area (Å²) in [5.74, 6) is 1.71. The van der Waals surface area contributed by atoms with Crippen molar-refractivity contribution in [2.45, 2.75) is 18.8 Å². The van der Waals surface area contributed by atoms with Crippen molar-refractivity contribution in [3.63, 3.8) is 0 Å². The second kappa shape index (κ2) is 5.26. The van der Waals surface area contributed by atoms with Crippen LogP contribution in [-0.2, 0) is 0 Å². The van der Waals surface area contributed by atoms with Crippen molar-refractivity contribution in [1.82, 2.24) is 20.4 Å². The Labute approximate surface area is 122 Å². The zero-order chi connectivity index (χ0) is 14.1. The van der Waals surface area contributed by atoms with Crippen molar-refractivity contribution in [2.24, 2.45) is 0 Å². The van der Waals surface area contributed by atoms with Gasteiger partial charge in [-0.3, -0.25) is 0 Å². The van der Waals surface area contributed by atoms with Crippen LogP contribution in [0.5, 0.6) is 0 Å². The van der Waals surface area contributed by atoms with Crippen LogP contribution in [0.1, 0.15) is 24.6 Å². The van der Waals surface area contributed by atoms with Crippen molar-refractivity contribution < 1.29 is 4.52 Å². The van der Waals surface area contributed by atoms with Crippen molar-refractivity contribution in [3.8, 4) is 11.6 Å². The van der Waals surface area contributed by atoms with Crippen molar-refractivity contribution >= 4 is 10.9 Å². The third-order valence-corrected chi connectivity index (χ3v) is 3.96. The smallest absolute Gasteiger partial charge is 0.276 e. The number of rotatable bonds is 2. The van der Waals surface area contributed by atoms with Crippen molar-refractivity contribution in [2.75, 3.05) is 13.1 Å². The predicted molar refractivity (Wildman–Crippen MR) is 79.9 cm³/mol. The number of piperidine rings is 1. The molecule has 106 valence electrons. The Balaban J connectivity index is 1.67. The molecule has 0 bridgehead atoms. The van der Waals surface area contributed by atoms with E-state index in [0.717, 1.165) is 48.4 Å². The van der Waals surface area contributed by atoms with Gasteiger partial charge in [-0.05, 0) is 38.1 Å². The van der Waals surface area contributed by atoms with Gasteiger partial charge in [-0.1, -0.05) is 29.4 Å². The minimum atomic E-state index is 0.393. The lowest BCUT2D eigenvalue weighted by atomic mass is 9.98. The highest BCUT2D eigenvalue weighted by Gasteiger charge is 2.21. The van der Waals surface area contributed by atoms with Gasteiger partial charge >= 0.3 is 0 Å². The van der Waals surface area contributed by atoms with Crippen LogP contribution >= 0.6 is 0 Å². The normalized spacial score (nSPS) is 16.4. The van der Waals surface area contributed by atoms with Gasteiger partial charge in [-0.2, -0.15) is 4.98 Å². The molecule has 0 saturated carbocycles. The third kappa shape index (κ3) is 2.40. The van der Waals surface area contributed by atoms with E-state index in [2.05, 4.69) is 20.4 Å². The molecule has 0 aliphatic carbocycles. The van der Waals surface area contributed by atoms with E-state index in [9.17, 15) is 0 Å². The van der Waals surface area contributed by atoms with Crippen LogP contribution < -0.4 is 5.32 Å². The number of hydrogen-bond acceptors (Lipinski definition) is 5. The number of para-hydroxylation sites is 1. The first kappa shape index (κ1) is 12.5. The molecular formula is C16H16N4O. The number of aromatic nitrogens is 3. The maximum atomic E-state index is 5.41. The summed E-state index contributed by atoms with van der Waals surface area (Å²) in [6, 6.07) is 12.0. The molecule has 4 rings (SSSR count). The minimum Gasteiger partial charge on any atom is -0.332 e. The fourth-order valence-corrected chi connectivity index (χ4v) is 2.77. The first-order valence-electron chi connectivity index (χ1n) is 7.31. The highest BCUT2D eigenvalue weighted by molar-refractivity contribution is 5.80. The lowest BCUT2D eigenvalue weighted by Gasteiger charge is -2.18. The summed E-state index contributed by atoms with van der Waals surface area (Å²) in [5, 5.41) is 8.60. The number of pyridine rings is 1. The second-order valence-corrected chi connectivity index (χ2v) is 5.37. The second-order valence-electron chi connectivity index (χ2n) is 5.37. The Kier molecular flexibility index (Phi) is 3.12.